The minimum Gasteiger partial charge on any atom is -0.496 e. The van der Waals surface area contributed by atoms with Gasteiger partial charge in [-0.1, -0.05) is 18.2 Å². The predicted octanol–water partition coefficient (Wildman–Crippen LogP) is 1.93. The van der Waals surface area contributed by atoms with Crippen molar-refractivity contribution < 1.29 is 9.84 Å². The highest BCUT2D eigenvalue weighted by Gasteiger charge is 2.14. The highest BCUT2D eigenvalue weighted by molar-refractivity contribution is 5.34. The Kier molecular flexibility index (Phi) is 3.44. The molecule has 0 saturated carbocycles. The highest BCUT2D eigenvalue weighted by atomic mass is 16.5. The number of aliphatic hydroxyl groups excluding tert-OH is 1. The number of hydrogen-bond donors (Lipinski definition) is 1. The summed E-state index contributed by atoms with van der Waals surface area (Å²) < 4.78 is 7.00. The molecule has 1 N–H and O–H groups in total. The Labute approximate surface area is 100 Å². The molecule has 4 nitrogen and oxygen atoms in total. The van der Waals surface area contributed by atoms with Crippen LogP contribution in [0.25, 0.3) is 0 Å². The molecule has 0 bridgehead atoms. The van der Waals surface area contributed by atoms with Crippen LogP contribution in [0.4, 0.5) is 0 Å². The predicted molar refractivity (Wildman–Crippen MR) is 64.9 cm³/mol. The van der Waals surface area contributed by atoms with E-state index in [9.17, 15) is 5.11 Å². The van der Waals surface area contributed by atoms with Crippen LogP contribution in [0.15, 0.2) is 36.5 Å². The van der Waals surface area contributed by atoms with Gasteiger partial charge in [-0.25, -0.2) is 0 Å². The Morgan fingerprint density at radius 2 is 2.12 bits per heavy atom. The van der Waals surface area contributed by atoms with Gasteiger partial charge in [-0.3, -0.25) is 4.68 Å². The van der Waals surface area contributed by atoms with E-state index in [1.54, 1.807) is 18.0 Å². The zero-order valence-electron chi connectivity index (χ0n) is 10.00. The molecule has 17 heavy (non-hydrogen) atoms. The number of ether oxygens (including phenoxy) is 1. The van der Waals surface area contributed by atoms with Crippen LogP contribution in [0.1, 0.15) is 17.4 Å². The number of rotatable bonds is 4. The Hall–Kier alpha value is -1.81. The third-order valence-electron chi connectivity index (χ3n) is 2.77. The molecule has 90 valence electrons. The molecule has 2 rings (SSSR count). The monoisotopic (exact) mass is 232 g/mol. The van der Waals surface area contributed by atoms with Crippen LogP contribution in [-0.2, 0) is 6.54 Å². The van der Waals surface area contributed by atoms with Crippen LogP contribution >= 0.6 is 0 Å². The molecule has 0 aliphatic heterocycles. The van der Waals surface area contributed by atoms with Crippen LogP contribution in [-0.4, -0.2) is 22.0 Å². The second-order valence-electron chi connectivity index (χ2n) is 3.91. The van der Waals surface area contributed by atoms with E-state index in [-0.39, 0.29) is 0 Å². The van der Waals surface area contributed by atoms with Crippen LogP contribution < -0.4 is 4.74 Å². The van der Waals surface area contributed by atoms with Crippen molar-refractivity contribution >= 4 is 0 Å². The lowest BCUT2D eigenvalue weighted by atomic mass is 10.1. The van der Waals surface area contributed by atoms with Gasteiger partial charge in [0, 0.05) is 17.5 Å². The summed E-state index contributed by atoms with van der Waals surface area (Å²) in [5.74, 6) is 0.699. The van der Waals surface area contributed by atoms with Crippen LogP contribution in [0.3, 0.4) is 0 Å². The maximum atomic E-state index is 10.2. The summed E-state index contributed by atoms with van der Waals surface area (Å²) in [4.78, 5) is 0. The van der Waals surface area contributed by atoms with Crippen molar-refractivity contribution in [3.05, 3.63) is 47.8 Å². The van der Waals surface area contributed by atoms with Crippen molar-refractivity contribution in [3.63, 3.8) is 0 Å². The number of aryl methyl sites for hydroxylation is 1. The molecule has 0 radical (unpaired) electrons. The number of para-hydroxylation sites is 1. The van der Waals surface area contributed by atoms with Crippen molar-refractivity contribution in [2.45, 2.75) is 19.6 Å². The lowest BCUT2D eigenvalue weighted by Crippen LogP contribution is -2.12. The molecular weight excluding hydrogens is 216 g/mol. The quantitative estimate of drug-likeness (QED) is 0.876. The molecule has 0 aliphatic rings. The molecule has 1 aromatic heterocycles. The summed E-state index contributed by atoms with van der Waals surface area (Å²) in [5, 5.41) is 14.3. The first-order valence-corrected chi connectivity index (χ1v) is 5.51. The smallest absolute Gasteiger partial charge is 0.124 e. The van der Waals surface area contributed by atoms with Gasteiger partial charge in [-0.05, 0) is 19.1 Å². The van der Waals surface area contributed by atoms with E-state index in [1.807, 2.05) is 37.3 Å². The van der Waals surface area contributed by atoms with Crippen LogP contribution in [0.5, 0.6) is 5.75 Å². The van der Waals surface area contributed by atoms with Crippen molar-refractivity contribution in [3.8, 4) is 5.75 Å². The molecule has 1 unspecified atom stereocenters. The van der Waals surface area contributed by atoms with Crippen molar-refractivity contribution in [1.29, 1.82) is 0 Å². The van der Waals surface area contributed by atoms with Gasteiger partial charge in [-0.15, -0.1) is 0 Å². The lowest BCUT2D eigenvalue weighted by molar-refractivity contribution is 0.147. The van der Waals surface area contributed by atoms with Crippen LogP contribution in [0.2, 0.25) is 0 Å². The van der Waals surface area contributed by atoms with E-state index in [1.165, 1.54) is 0 Å². The van der Waals surface area contributed by atoms with Crippen LogP contribution in [0, 0.1) is 6.92 Å². The van der Waals surface area contributed by atoms with Crippen molar-refractivity contribution in [1.82, 2.24) is 9.78 Å². The van der Waals surface area contributed by atoms with E-state index in [0.29, 0.717) is 12.3 Å². The van der Waals surface area contributed by atoms with Gasteiger partial charge in [0.25, 0.3) is 0 Å². The molecule has 0 aliphatic carbocycles. The van der Waals surface area contributed by atoms with E-state index in [4.69, 9.17) is 4.74 Å². The Morgan fingerprint density at radius 3 is 2.76 bits per heavy atom. The normalized spacial score (nSPS) is 12.4. The second kappa shape index (κ2) is 5.01. The van der Waals surface area contributed by atoms with Crippen molar-refractivity contribution in [2.75, 3.05) is 7.11 Å². The zero-order chi connectivity index (χ0) is 12.3. The fourth-order valence-corrected chi connectivity index (χ4v) is 1.79. The average molecular weight is 232 g/mol. The largest absolute Gasteiger partial charge is 0.496 e. The number of methoxy groups -OCH3 is 1. The molecule has 2 aromatic rings. The van der Waals surface area contributed by atoms with Gasteiger partial charge >= 0.3 is 0 Å². The number of aromatic nitrogens is 2. The molecule has 0 fully saturated rings. The van der Waals surface area contributed by atoms with E-state index < -0.39 is 6.10 Å². The van der Waals surface area contributed by atoms with Gasteiger partial charge in [-0.2, -0.15) is 5.10 Å². The summed E-state index contributed by atoms with van der Waals surface area (Å²) >= 11 is 0. The first-order valence-electron chi connectivity index (χ1n) is 5.51. The second-order valence-corrected chi connectivity index (χ2v) is 3.91. The maximum absolute atomic E-state index is 10.2. The first-order chi connectivity index (χ1) is 8.22. The topological polar surface area (TPSA) is 47.3 Å². The number of hydrogen-bond acceptors (Lipinski definition) is 3. The first kappa shape index (κ1) is 11.7. The Balaban J connectivity index is 2.20. The summed E-state index contributed by atoms with van der Waals surface area (Å²) in [5.41, 5.74) is 1.81. The molecular formula is C13H16N2O2. The van der Waals surface area contributed by atoms with Gasteiger partial charge < -0.3 is 9.84 Å². The average Bonchev–Trinajstić information content (AvgIpc) is 2.75. The number of aliphatic hydroxyl groups is 1. The lowest BCUT2D eigenvalue weighted by Gasteiger charge is -2.15. The minimum atomic E-state index is -0.621. The Bertz CT molecular complexity index is 494. The summed E-state index contributed by atoms with van der Waals surface area (Å²) in [7, 11) is 1.60. The van der Waals surface area contributed by atoms with E-state index >= 15 is 0 Å². The van der Waals surface area contributed by atoms with E-state index in [2.05, 4.69) is 5.10 Å². The summed E-state index contributed by atoms with van der Waals surface area (Å²) in [6, 6.07) is 9.39. The van der Waals surface area contributed by atoms with Gasteiger partial charge in [0.1, 0.15) is 11.9 Å². The third-order valence-corrected chi connectivity index (χ3v) is 2.77. The summed E-state index contributed by atoms with van der Waals surface area (Å²) in [6.07, 6.45) is 1.11. The third kappa shape index (κ3) is 2.47. The minimum absolute atomic E-state index is 0.430. The van der Waals surface area contributed by atoms with Gasteiger partial charge in [0.15, 0.2) is 0 Å². The molecule has 0 spiro atoms. The number of nitrogens with zero attached hydrogens (tertiary/aromatic N) is 2. The zero-order valence-corrected chi connectivity index (χ0v) is 10.00. The van der Waals surface area contributed by atoms with E-state index in [0.717, 1.165) is 11.3 Å². The molecule has 1 atom stereocenters. The SMILES string of the molecule is COc1ccccc1C(O)Cn1nccc1C. The highest BCUT2D eigenvalue weighted by Crippen LogP contribution is 2.25. The molecule has 0 amide bonds. The maximum Gasteiger partial charge on any atom is 0.124 e. The molecule has 1 heterocycles. The van der Waals surface area contributed by atoms with Gasteiger partial charge in [0.05, 0.1) is 13.7 Å². The molecule has 1 aromatic carbocycles. The fraction of sp³-hybridized carbons (Fsp3) is 0.308. The molecule has 0 saturated heterocycles. The Morgan fingerprint density at radius 1 is 1.35 bits per heavy atom. The van der Waals surface area contributed by atoms with Crippen molar-refractivity contribution in [2.24, 2.45) is 0 Å². The summed E-state index contributed by atoms with van der Waals surface area (Å²) in [6.45, 7) is 2.39. The standard InChI is InChI=1S/C13H16N2O2/c1-10-7-8-14-15(10)9-12(16)11-5-3-4-6-13(11)17-2/h3-8,12,16H,9H2,1-2H3. The number of benzene rings is 1. The fourth-order valence-electron chi connectivity index (χ4n) is 1.79. The molecule has 4 heteroatoms. The van der Waals surface area contributed by atoms with Gasteiger partial charge in [0.2, 0.25) is 0 Å².